The average Bonchev–Trinajstić information content (AvgIpc) is 2.39. The van der Waals surface area contributed by atoms with Gasteiger partial charge >= 0.3 is 17.4 Å². The van der Waals surface area contributed by atoms with Crippen LogP contribution in [0.5, 0.6) is 0 Å². The molecule has 17 heavy (non-hydrogen) atoms. The summed E-state index contributed by atoms with van der Waals surface area (Å²) < 4.78 is 28.0. The number of hydrogen-bond donors (Lipinski definition) is 0. The van der Waals surface area contributed by atoms with Crippen LogP contribution in [0.1, 0.15) is 19.8 Å². The van der Waals surface area contributed by atoms with Crippen molar-refractivity contribution in [2.45, 2.75) is 31.5 Å². The first-order chi connectivity index (χ1) is 8.00. The summed E-state index contributed by atoms with van der Waals surface area (Å²) in [6.07, 6.45) is 1.91. The molecule has 0 aliphatic heterocycles. The largest absolute Gasteiger partial charge is 0.505 e. The quantitative estimate of drug-likeness (QED) is 0.605. The van der Waals surface area contributed by atoms with E-state index >= 15 is 0 Å². The zero-order valence-corrected chi connectivity index (χ0v) is 14.0. The van der Waals surface area contributed by atoms with Crippen molar-refractivity contribution in [1.82, 2.24) is 0 Å². The monoisotopic (exact) mass is 282 g/mol. The van der Waals surface area contributed by atoms with Crippen molar-refractivity contribution in [3.8, 4) is 0 Å². The molecule has 5 nitrogen and oxygen atoms in total. The molecular weight excluding hydrogens is 256 g/mol. The predicted octanol–water partition coefficient (Wildman–Crippen LogP) is 1.94. The van der Waals surface area contributed by atoms with Crippen LogP contribution in [0.2, 0.25) is 11.7 Å². The number of rotatable bonds is 9. The molecule has 104 valence electrons. The van der Waals surface area contributed by atoms with E-state index in [9.17, 15) is 0 Å². The Kier molecular flexibility index (Phi) is 7.73. The molecule has 0 fully saturated rings. The molecule has 0 radical (unpaired) electrons. The summed E-state index contributed by atoms with van der Waals surface area (Å²) in [6.45, 7) is 4.14. The highest BCUT2D eigenvalue weighted by Gasteiger charge is 2.58. The van der Waals surface area contributed by atoms with E-state index in [2.05, 4.69) is 6.92 Å². The topological polar surface area (TPSA) is 46.2 Å². The van der Waals surface area contributed by atoms with Gasteiger partial charge in [-0.3, -0.25) is 0 Å². The molecule has 1 atom stereocenters. The Labute approximate surface area is 107 Å². The molecule has 0 rings (SSSR count). The van der Waals surface area contributed by atoms with Crippen LogP contribution in [0.25, 0.3) is 0 Å². The van der Waals surface area contributed by atoms with Gasteiger partial charge in [-0.25, -0.2) is 0 Å². The fourth-order valence-electron chi connectivity index (χ4n) is 2.09. The van der Waals surface area contributed by atoms with E-state index in [-0.39, 0.29) is 5.16 Å². The maximum absolute atomic E-state index is 5.62. The van der Waals surface area contributed by atoms with Gasteiger partial charge in [-0.2, -0.15) is 0 Å². The molecule has 0 aromatic rings. The van der Waals surface area contributed by atoms with Crippen LogP contribution in [0, 0.1) is 0 Å². The molecule has 0 aliphatic carbocycles. The van der Waals surface area contributed by atoms with Gasteiger partial charge in [0, 0.05) is 35.5 Å². The van der Waals surface area contributed by atoms with Crippen LogP contribution in [0.3, 0.4) is 0 Å². The minimum atomic E-state index is -2.73. The van der Waals surface area contributed by atoms with Gasteiger partial charge in [-0.05, 0) is 13.0 Å². The molecule has 0 N–H and O–H groups in total. The Balaban J connectivity index is 5.30. The summed E-state index contributed by atoms with van der Waals surface area (Å²) >= 11 is 0. The highest BCUT2D eigenvalue weighted by molar-refractivity contribution is 6.85. The average molecular weight is 282 g/mol. The zero-order chi connectivity index (χ0) is 13.5. The molecule has 0 heterocycles. The molecule has 0 aliphatic rings. The van der Waals surface area contributed by atoms with Crippen molar-refractivity contribution in [3.05, 3.63) is 0 Å². The lowest BCUT2D eigenvalue weighted by molar-refractivity contribution is 0.108. The maximum atomic E-state index is 5.62. The fourth-order valence-corrected chi connectivity index (χ4v) is 9.97. The third-order valence-electron chi connectivity index (χ3n) is 3.30. The van der Waals surface area contributed by atoms with Crippen LogP contribution in [-0.2, 0) is 22.1 Å². The van der Waals surface area contributed by atoms with E-state index in [0.29, 0.717) is 0 Å². The molecule has 0 saturated heterocycles. The van der Waals surface area contributed by atoms with E-state index < -0.39 is 17.4 Å². The van der Waals surface area contributed by atoms with Crippen molar-refractivity contribution in [2.24, 2.45) is 0 Å². The van der Waals surface area contributed by atoms with Gasteiger partial charge in [0.2, 0.25) is 0 Å². The van der Waals surface area contributed by atoms with Crippen LogP contribution >= 0.6 is 0 Å². The normalized spacial score (nSPS) is 15.0. The van der Waals surface area contributed by atoms with Gasteiger partial charge < -0.3 is 22.1 Å². The SMILES string of the molecule is CCCC([Si](C)(OC)OC)[Si](OC)(OC)OC. The van der Waals surface area contributed by atoms with Gasteiger partial charge in [0.25, 0.3) is 0 Å². The minimum absolute atomic E-state index is 0.0648. The summed E-state index contributed by atoms with van der Waals surface area (Å²) in [5.41, 5.74) is 0. The lowest BCUT2D eigenvalue weighted by Gasteiger charge is -2.39. The standard InChI is InChI=1S/C10H26O5Si2/c1-8-9-10(16(7,11-2)12-3)17(13-4,14-5)15-6/h10H,8-9H2,1-7H3. The van der Waals surface area contributed by atoms with Gasteiger partial charge in [-0.15, -0.1) is 0 Å². The molecule has 0 amide bonds. The second kappa shape index (κ2) is 7.62. The van der Waals surface area contributed by atoms with E-state index in [1.807, 2.05) is 6.55 Å². The van der Waals surface area contributed by atoms with Crippen LogP contribution in [0.15, 0.2) is 0 Å². The van der Waals surface area contributed by atoms with Crippen molar-refractivity contribution in [2.75, 3.05) is 35.5 Å². The maximum Gasteiger partial charge on any atom is 0.505 e. The summed E-state index contributed by atoms with van der Waals surface area (Å²) in [7, 11) is 3.15. The highest BCUT2D eigenvalue weighted by atomic mass is 28.4. The van der Waals surface area contributed by atoms with Crippen LogP contribution < -0.4 is 0 Å². The lowest BCUT2D eigenvalue weighted by Crippen LogP contribution is -2.59. The summed E-state index contributed by atoms with van der Waals surface area (Å²) in [5.74, 6) is 0. The summed E-state index contributed by atoms with van der Waals surface area (Å²) in [6, 6.07) is 0. The molecule has 0 bridgehead atoms. The van der Waals surface area contributed by atoms with Crippen molar-refractivity contribution in [1.29, 1.82) is 0 Å². The molecular formula is C10H26O5Si2. The predicted molar refractivity (Wildman–Crippen MR) is 71.1 cm³/mol. The third-order valence-corrected chi connectivity index (χ3v) is 12.0. The summed E-state index contributed by atoms with van der Waals surface area (Å²) in [4.78, 5) is 0. The van der Waals surface area contributed by atoms with Crippen LogP contribution in [-0.4, -0.2) is 52.9 Å². The molecule has 0 aromatic heterocycles. The summed E-state index contributed by atoms with van der Waals surface area (Å²) in [5, 5.41) is 0.0648. The van der Waals surface area contributed by atoms with E-state index in [0.717, 1.165) is 12.8 Å². The Hall–Kier alpha value is 0.234. The van der Waals surface area contributed by atoms with E-state index in [1.165, 1.54) is 0 Å². The lowest BCUT2D eigenvalue weighted by atomic mass is 10.4. The molecule has 0 aromatic carbocycles. The van der Waals surface area contributed by atoms with Gasteiger partial charge in [0.1, 0.15) is 0 Å². The van der Waals surface area contributed by atoms with Crippen molar-refractivity contribution < 1.29 is 22.1 Å². The van der Waals surface area contributed by atoms with Gasteiger partial charge in [0.15, 0.2) is 0 Å². The first-order valence-corrected chi connectivity index (χ1v) is 9.95. The first kappa shape index (κ1) is 17.2. The van der Waals surface area contributed by atoms with E-state index in [4.69, 9.17) is 22.1 Å². The van der Waals surface area contributed by atoms with Gasteiger partial charge in [-0.1, -0.05) is 13.3 Å². The Morgan fingerprint density at radius 3 is 1.47 bits per heavy atom. The smallest absolute Gasteiger partial charge is 0.398 e. The second-order valence-electron chi connectivity index (χ2n) is 3.98. The Morgan fingerprint density at radius 1 is 0.824 bits per heavy atom. The molecule has 1 unspecified atom stereocenters. The Bertz CT molecular complexity index is 199. The zero-order valence-electron chi connectivity index (χ0n) is 12.0. The second-order valence-corrected chi connectivity index (χ2v) is 11.2. The minimum Gasteiger partial charge on any atom is -0.398 e. The fraction of sp³-hybridized carbons (Fsp3) is 1.00. The first-order valence-electron chi connectivity index (χ1n) is 5.75. The van der Waals surface area contributed by atoms with E-state index in [1.54, 1.807) is 35.5 Å². The molecule has 0 saturated carbocycles. The Morgan fingerprint density at radius 2 is 1.24 bits per heavy atom. The van der Waals surface area contributed by atoms with Gasteiger partial charge in [0.05, 0.1) is 5.16 Å². The molecule has 0 spiro atoms. The molecule has 7 heteroatoms. The number of hydrogen-bond acceptors (Lipinski definition) is 5. The third kappa shape index (κ3) is 3.60. The van der Waals surface area contributed by atoms with Crippen molar-refractivity contribution in [3.63, 3.8) is 0 Å². The highest BCUT2D eigenvalue weighted by Crippen LogP contribution is 2.37. The van der Waals surface area contributed by atoms with Crippen molar-refractivity contribution >= 4 is 17.4 Å². The van der Waals surface area contributed by atoms with Crippen LogP contribution in [0.4, 0.5) is 0 Å².